The van der Waals surface area contributed by atoms with Gasteiger partial charge in [0, 0.05) is 19.0 Å². The summed E-state index contributed by atoms with van der Waals surface area (Å²) in [6, 6.07) is 6.01. The standard InChI is InChI=1S/C17H18N4O2S2/c1-17(2)12(6-18)15(23)20-16(13(17)7-19)25-10-14(22)21(3)8-11-4-5-24-9-11/h4-5,9,12H,8,10H2,1-3H3,(H,20,23)/t12-/m0/s1. The fourth-order valence-corrected chi connectivity index (χ4v) is 4.30. The molecule has 0 bridgehead atoms. The van der Waals surface area contributed by atoms with Crippen molar-refractivity contribution in [3.63, 3.8) is 0 Å². The summed E-state index contributed by atoms with van der Waals surface area (Å²) >= 11 is 2.70. The Bertz CT molecular complexity index is 785. The Morgan fingerprint density at radius 1 is 1.48 bits per heavy atom. The molecular formula is C17H18N4O2S2. The highest BCUT2D eigenvalue weighted by molar-refractivity contribution is 8.03. The van der Waals surface area contributed by atoms with Gasteiger partial charge >= 0.3 is 0 Å². The molecule has 6 nitrogen and oxygen atoms in total. The molecule has 1 N–H and O–H groups in total. The second-order valence-corrected chi connectivity index (χ2v) is 8.02. The molecule has 2 rings (SSSR count). The van der Waals surface area contributed by atoms with Gasteiger partial charge in [-0.25, -0.2) is 0 Å². The molecule has 0 aliphatic carbocycles. The SMILES string of the molecule is CN(Cc1ccsc1)C(=O)CSC1=C(C#N)C(C)(C)[C@@H](C#N)C(=O)N1. The summed E-state index contributed by atoms with van der Waals surface area (Å²) in [5, 5.41) is 25.6. The van der Waals surface area contributed by atoms with Crippen LogP contribution in [0.4, 0.5) is 0 Å². The fourth-order valence-electron chi connectivity index (χ4n) is 2.52. The zero-order valence-corrected chi connectivity index (χ0v) is 15.8. The summed E-state index contributed by atoms with van der Waals surface area (Å²) in [4.78, 5) is 26.0. The predicted octanol–water partition coefficient (Wildman–Crippen LogP) is 2.47. The van der Waals surface area contributed by atoms with E-state index in [0.29, 0.717) is 17.1 Å². The lowest BCUT2D eigenvalue weighted by Crippen LogP contribution is -2.44. The van der Waals surface area contributed by atoms with Crippen molar-refractivity contribution < 1.29 is 9.59 Å². The number of amides is 2. The lowest BCUT2D eigenvalue weighted by atomic mass is 9.72. The molecule has 130 valence electrons. The Kier molecular flexibility index (Phi) is 5.89. The molecule has 0 spiro atoms. The molecule has 0 radical (unpaired) electrons. The number of hydrogen-bond acceptors (Lipinski definition) is 6. The van der Waals surface area contributed by atoms with E-state index >= 15 is 0 Å². The Morgan fingerprint density at radius 2 is 2.20 bits per heavy atom. The lowest BCUT2D eigenvalue weighted by molar-refractivity contribution is -0.128. The molecule has 1 aromatic rings. The van der Waals surface area contributed by atoms with Crippen LogP contribution in [0, 0.1) is 34.0 Å². The first-order chi connectivity index (χ1) is 11.8. The number of nitrogens with zero attached hydrogens (tertiary/aromatic N) is 3. The van der Waals surface area contributed by atoms with Gasteiger partial charge in [0.05, 0.1) is 28.5 Å². The Hall–Kier alpha value is -2.29. The maximum absolute atomic E-state index is 12.3. The molecule has 0 saturated heterocycles. The average Bonchev–Trinajstić information content (AvgIpc) is 3.04. The zero-order chi connectivity index (χ0) is 18.6. The first kappa shape index (κ1) is 19.0. The maximum atomic E-state index is 12.3. The van der Waals surface area contributed by atoms with Gasteiger partial charge in [-0.15, -0.1) is 0 Å². The van der Waals surface area contributed by atoms with Crippen molar-refractivity contribution in [2.75, 3.05) is 12.8 Å². The van der Waals surface area contributed by atoms with Crippen molar-refractivity contribution in [2.24, 2.45) is 11.3 Å². The van der Waals surface area contributed by atoms with Crippen LogP contribution in [0.3, 0.4) is 0 Å². The van der Waals surface area contributed by atoms with Crippen molar-refractivity contribution in [2.45, 2.75) is 20.4 Å². The first-order valence-corrected chi connectivity index (χ1v) is 9.47. The summed E-state index contributed by atoms with van der Waals surface area (Å²) in [6.45, 7) is 3.91. The molecule has 0 saturated carbocycles. The molecule has 0 aromatic carbocycles. The van der Waals surface area contributed by atoms with Crippen LogP contribution in [-0.4, -0.2) is 29.5 Å². The second kappa shape index (κ2) is 7.73. The van der Waals surface area contributed by atoms with Gasteiger partial charge in [-0.3, -0.25) is 9.59 Å². The largest absolute Gasteiger partial charge is 0.341 e. The van der Waals surface area contributed by atoms with Crippen LogP contribution in [0.25, 0.3) is 0 Å². The van der Waals surface area contributed by atoms with Gasteiger partial charge in [-0.1, -0.05) is 25.6 Å². The molecule has 0 fully saturated rings. The van der Waals surface area contributed by atoms with Crippen LogP contribution < -0.4 is 5.32 Å². The quantitative estimate of drug-likeness (QED) is 0.854. The third kappa shape index (κ3) is 4.04. The summed E-state index contributed by atoms with van der Waals surface area (Å²) in [5.41, 5.74) is 0.503. The molecular weight excluding hydrogens is 356 g/mol. The number of allylic oxidation sites excluding steroid dienone is 1. The van der Waals surface area contributed by atoms with E-state index in [4.69, 9.17) is 0 Å². The molecule has 2 amide bonds. The monoisotopic (exact) mass is 374 g/mol. The number of carbonyl (C=O) groups excluding carboxylic acids is 2. The molecule has 2 heterocycles. The topological polar surface area (TPSA) is 97.0 Å². The molecule has 1 atom stereocenters. The van der Waals surface area contributed by atoms with E-state index < -0.39 is 17.2 Å². The van der Waals surface area contributed by atoms with Gasteiger partial charge in [0.1, 0.15) is 5.92 Å². The van der Waals surface area contributed by atoms with E-state index in [1.54, 1.807) is 37.1 Å². The number of carbonyl (C=O) groups is 2. The number of rotatable bonds is 5. The fraction of sp³-hybridized carbons (Fsp3) is 0.412. The normalized spacial score (nSPS) is 18.9. The van der Waals surface area contributed by atoms with E-state index in [-0.39, 0.29) is 11.7 Å². The molecule has 1 aliphatic rings. The molecule has 1 aromatic heterocycles. The molecule has 8 heteroatoms. The maximum Gasteiger partial charge on any atom is 0.243 e. The van der Waals surface area contributed by atoms with Gasteiger partial charge in [0.25, 0.3) is 0 Å². The highest BCUT2D eigenvalue weighted by Crippen LogP contribution is 2.41. The predicted molar refractivity (Wildman–Crippen MR) is 96.9 cm³/mol. The van der Waals surface area contributed by atoms with Gasteiger partial charge in [-0.2, -0.15) is 21.9 Å². The summed E-state index contributed by atoms with van der Waals surface area (Å²) in [5.74, 6) is -1.36. The number of thioether (sulfide) groups is 1. The molecule has 0 unspecified atom stereocenters. The van der Waals surface area contributed by atoms with E-state index in [9.17, 15) is 20.1 Å². The van der Waals surface area contributed by atoms with Crippen molar-refractivity contribution in [3.05, 3.63) is 33.0 Å². The summed E-state index contributed by atoms with van der Waals surface area (Å²) in [7, 11) is 1.72. The third-order valence-electron chi connectivity index (χ3n) is 4.10. The third-order valence-corrected chi connectivity index (χ3v) is 5.82. The van der Waals surface area contributed by atoms with E-state index in [0.717, 1.165) is 17.3 Å². The number of thiophene rings is 1. The van der Waals surface area contributed by atoms with E-state index in [2.05, 4.69) is 11.4 Å². The smallest absolute Gasteiger partial charge is 0.243 e. The minimum absolute atomic E-state index is 0.101. The molecule has 1 aliphatic heterocycles. The molecule has 25 heavy (non-hydrogen) atoms. The van der Waals surface area contributed by atoms with Crippen molar-refractivity contribution in [1.29, 1.82) is 10.5 Å². The minimum Gasteiger partial charge on any atom is -0.341 e. The Morgan fingerprint density at radius 3 is 2.76 bits per heavy atom. The van der Waals surface area contributed by atoms with E-state index in [1.165, 1.54) is 0 Å². The van der Waals surface area contributed by atoms with Crippen LogP contribution in [-0.2, 0) is 16.1 Å². The van der Waals surface area contributed by atoms with Gasteiger partial charge in [0.15, 0.2) is 0 Å². The van der Waals surface area contributed by atoms with Crippen LogP contribution in [0.2, 0.25) is 0 Å². The Balaban J connectivity index is 2.09. The number of nitrogens with one attached hydrogen (secondary N) is 1. The van der Waals surface area contributed by atoms with Crippen molar-refractivity contribution in [3.8, 4) is 12.1 Å². The highest BCUT2D eigenvalue weighted by atomic mass is 32.2. The first-order valence-electron chi connectivity index (χ1n) is 7.54. The number of hydrogen-bond donors (Lipinski definition) is 1. The highest BCUT2D eigenvalue weighted by Gasteiger charge is 2.44. The van der Waals surface area contributed by atoms with E-state index in [1.807, 2.05) is 22.9 Å². The van der Waals surface area contributed by atoms with Gasteiger partial charge in [0.2, 0.25) is 11.8 Å². The van der Waals surface area contributed by atoms with Crippen molar-refractivity contribution in [1.82, 2.24) is 10.2 Å². The lowest BCUT2D eigenvalue weighted by Gasteiger charge is -2.34. The second-order valence-electron chi connectivity index (χ2n) is 6.26. The van der Waals surface area contributed by atoms with Crippen LogP contribution in [0.15, 0.2) is 27.4 Å². The van der Waals surface area contributed by atoms with Crippen LogP contribution >= 0.6 is 23.1 Å². The summed E-state index contributed by atoms with van der Waals surface area (Å²) < 4.78 is 0. The minimum atomic E-state index is -0.927. The van der Waals surface area contributed by atoms with Crippen LogP contribution in [0.1, 0.15) is 19.4 Å². The Labute approximate surface area is 155 Å². The van der Waals surface area contributed by atoms with Gasteiger partial charge < -0.3 is 10.2 Å². The number of nitriles is 2. The van der Waals surface area contributed by atoms with Gasteiger partial charge in [-0.05, 0) is 22.4 Å². The van der Waals surface area contributed by atoms with Crippen molar-refractivity contribution >= 4 is 34.9 Å². The summed E-state index contributed by atoms with van der Waals surface area (Å²) in [6.07, 6.45) is 0. The van der Waals surface area contributed by atoms with Crippen LogP contribution in [0.5, 0.6) is 0 Å². The zero-order valence-electron chi connectivity index (χ0n) is 14.2. The average molecular weight is 374 g/mol.